The van der Waals surface area contributed by atoms with Gasteiger partial charge in [0.25, 0.3) is 0 Å². The molecule has 0 fully saturated rings. The number of amides is 1. The number of sulfone groups is 1. The van der Waals surface area contributed by atoms with Gasteiger partial charge < -0.3 is 5.73 Å². The second-order valence-electron chi connectivity index (χ2n) is 5.05. The van der Waals surface area contributed by atoms with E-state index in [9.17, 15) is 13.2 Å². The van der Waals surface area contributed by atoms with Crippen LogP contribution in [-0.2, 0) is 9.84 Å². The van der Waals surface area contributed by atoms with Crippen LogP contribution in [0, 0.1) is 13.8 Å². The van der Waals surface area contributed by atoms with Crippen LogP contribution < -0.4 is 5.73 Å². The monoisotopic (exact) mass is 303 g/mol. The molecule has 2 N–H and O–H groups in total. The number of primary amides is 1. The van der Waals surface area contributed by atoms with Gasteiger partial charge in [-0.25, -0.2) is 8.42 Å². The molecule has 0 radical (unpaired) electrons. The Morgan fingerprint density at radius 2 is 1.62 bits per heavy atom. The van der Waals surface area contributed by atoms with Crippen molar-refractivity contribution in [3.05, 3.63) is 53.1 Å². The van der Waals surface area contributed by atoms with Gasteiger partial charge in [-0.3, -0.25) is 4.79 Å². The Bertz CT molecular complexity index is 809. The van der Waals surface area contributed by atoms with E-state index in [1.807, 2.05) is 30.3 Å². The summed E-state index contributed by atoms with van der Waals surface area (Å²) < 4.78 is 24.3. The van der Waals surface area contributed by atoms with Crippen LogP contribution in [-0.4, -0.2) is 20.6 Å². The zero-order chi connectivity index (χ0) is 15.8. The van der Waals surface area contributed by atoms with E-state index < -0.39 is 15.7 Å². The smallest absolute Gasteiger partial charge is 0.248 e. The number of carbonyl (C=O) groups excluding carboxylic acids is 1. The first-order valence-electron chi connectivity index (χ1n) is 6.43. The fourth-order valence-electron chi connectivity index (χ4n) is 2.46. The molecule has 0 spiro atoms. The van der Waals surface area contributed by atoms with E-state index in [-0.39, 0.29) is 4.90 Å². The minimum Gasteiger partial charge on any atom is -0.366 e. The Kier molecular flexibility index (Phi) is 3.87. The molecule has 2 aromatic carbocycles. The van der Waals surface area contributed by atoms with Crippen LogP contribution in [0.2, 0.25) is 0 Å². The van der Waals surface area contributed by atoms with Crippen molar-refractivity contribution in [1.29, 1.82) is 0 Å². The predicted molar refractivity (Wildman–Crippen MR) is 83.0 cm³/mol. The summed E-state index contributed by atoms with van der Waals surface area (Å²) in [7, 11) is -3.43. The molecule has 0 unspecified atom stereocenters. The lowest BCUT2D eigenvalue weighted by Crippen LogP contribution is -2.16. The van der Waals surface area contributed by atoms with Gasteiger partial charge in [-0.05, 0) is 36.6 Å². The van der Waals surface area contributed by atoms with Crippen LogP contribution in [0.3, 0.4) is 0 Å². The molecule has 0 saturated heterocycles. The molecule has 0 aliphatic heterocycles. The number of carbonyl (C=O) groups is 1. The molecule has 2 aromatic rings. The number of hydrogen-bond acceptors (Lipinski definition) is 3. The van der Waals surface area contributed by atoms with Gasteiger partial charge in [0.1, 0.15) is 0 Å². The molecule has 0 atom stereocenters. The Morgan fingerprint density at radius 3 is 2.10 bits per heavy atom. The van der Waals surface area contributed by atoms with Crippen molar-refractivity contribution in [2.45, 2.75) is 18.7 Å². The van der Waals surface area contributed by atoms with E-state index in [0.717, 1.165) is 5.56 Å². The molecule has 4 nitrogen and oxygen atoms in total. The average molecular weight is 303 g/mol. The normalized spacial score (nSPS) is 11.4. The van der Waals surface area contributed by atoms with Crippen molar-refractivity contribution in [2.75, 3.05) is 6.26 Å². The van der Waals surface area contributed by atoms with Crippen LogP contribution in [0.4, 0.5) is 0 Å². The average Bonchev–Trinajstić information content (AvgIpc) is 2.40. The van der Waals surface area contributed by atoms with E-state index in [1.165, 1.54) is 6.26 Å². The maximum absolute atomic E-state index is 12.2. The highest BCUT2D eigenvalue weighted by Crippen LogP contribution is 2.33. The van der Waals surface area contributed by atoms with Crippen molar-refractivity contribution in [3.8, 4) is 11.1 Å². The first-order valence-corrected chi connectivity index (χ1v) is 8.32. The van der Waals surface area contributed by atoms with Gasteiger partial charge in [-0.1, -0.05) is 30.3 Å². The first-order chi connectivity index (χ1) is 9.73. The largest absolute Gasteiger partial charge is 0.366 e. The fraction of sp³-hybridized carbons (Fsp3) is 0.188. The summed E-state index contributed by atoms with van der Waals surface area (Å²) in [5, 5.41) is 0. The van der Waals surface area contributed by atoms with Gasteiger partial charge in [0.05, 0.1) is 4.90 Å². The highest BCUT2D eigenvalue weighted by atomic mass is 32.2. The third-order valence-electron chi connectivity index (χ3n) is 3.56. The van der Waals surface area contributed by atoms with Gasteiger partial charge in [-0.2, -0.15) is 0 Å². The molecular weight excluding hydrogens is 286 g/mol. The number of rotatable bonds is 3. The van der Waals surface area contributed by atoms with E-state index in [1.54, 1.807) is 19.9 Å². The number of hydrogen-bond donors (Lipinski definition) is 1. The van der Waals surface area contributed by atoms with Gasteiger partial charge >= 0.3 is 0 Å². The summed E-state index contributed by atoms with van der Waals surface area (Å²) in [5.41, 5.74) is 8.16. The number of benzene rings is 2. The van der Waals surface area contributed by atoms with Crippen molar-refractivity contribution < 1.29 is 13.2 Å². The Hall–Kier alpha value is -2.14. The zero-order valence-electron chi connectivity index (χ0n) is 12.2. The lowest BCUT2D eigenvalue weighted by atomic mass is 9.95. The molecule has 2 rings (SSSR count). The molecule has 0 saturated carbocycles. The quantitative estimate of drug-likeness (QED) is 0.946. The molecule has 110 valence electrons. The van der Waals surface area contributed by atoms with Gasteiger partial charge in [0.2, 0.25) is 5.91 Å². The third-order valence-corrected chi connectivity index (χ3v) is 4.83. The molecule has 0 heterocycles. The molecule has 1 amide bonds. The maximum atomic E-state index is 12.2. The summed E-state index contributed by atoms with van der Waals surface area (Å²) in [6.45, 7) is 3.41. The van der Waals surface area contributed by atoms with Gasteiger partial charge in [0, 0.05) is 17.4 Å². The maximum Gasteiger partial charge on any atom is 0.248 e. The van der Waals surface area contributed by atoms with Crippen molar-refractivity contribution in [1.82, 2.24) is 0 Å². The van der Waals surface area contributed by atoms with Crippen LogP contribution in [0.25, 0.3) is 11.1 Å². The second-order valence-corrected chi connectivity index (χ2v) is 7.01. The minimum absolute atomic E-state index is 0.246. The van der Waals surface area contributed by atoms with Crippen LogP contribution in [0.1, 0.15) is 21.5 Å². The standard InChI is InChI=1S/C16H17NO3S/c1-10-11(2)15(21(3,19)20)14(9-13(10)16(17)18)12-7-5-4-6-8-12/h4-9H,1-3H3,(H2,17,18). The SMILES string of the molecule is Cc1c(C(N)=O)cc(-c2ccccc2)c(S(C)(=O)=O)c1C. The van der Waals surface area contributed by atoms with Crippen LogP contribution in [0.5, 0.6) is 0 Å². The van der Waals surface area contributed by atoms with Crippen molar-refractivity contribution in [2.24, 2.45) is 5.73 Å². The molecule has 21 heavy (non-hydrogen) atoms. The lowest BCUT2D eigenvalue weighted by molar-refractivity contribution is 0.0999. The molecule has 5 heteroatoms. The highest BCUT2D eigenvalue weighted by Gasteiger charge is 2.22. The van der Waals surface area contributed by atoms with Crippen molar-refractivity contribution >= 4 is 15.7 Å². The lowest BCUT2D eigenvalue weighted by Gasteiger charge is -2.16. The van der Waals surface area contributed by atoms with Gasteiger partial charge in [-0.15, -0.1) is 0 Å². The summed E-state index contributed by atoms with van der Waals surface area (Å²) >= 11 is 0. The van der Waals surface area contributed by atoms with Crippen LogP contribution in [0.15, 0.2) is 41.3 Å². The summed E-state index contributed by atoms with van der Waals surface area (Å²) in [4.78, 5) is 11.8. The van der Waals surface area contributed by atoms with E-state index in [4.69, 9.17) is 5.73 Å². The molecule has 0 aliphatic rings. The summed E-state index contributed by atoms with van der Waals surface area (Å²) in [5.74, 6) is -0.562. The van der Waals surface area contributed by atoms with Crippen LogP contribution >= 0.6 is 0 Å². The van der Waals surface area contributed by atoms with E-state index in [2.05, 4.69) is 0 Å². The van der Waals surface area contributed by atoms with E-state index >= 15 is 0 Å². The number of nitrogens with two attached hydrogens (primary N) is 1. The molecule has 0 bridgehead atoms. The van der Waals surface area contributed by atoms with Gasteiger partial charge in [0.15, 0.2) is 9.84 Å². The third kappa shape index (κ3) is 2.83. The molecule has 0 aliphatic carbocycles. The minimum atomic E-state index is -3.43. The Morgan fingerprint density at radius 1 is 1.05 bits per heavy atom. The summed E-state index contributed by atoms with van der Waals surface area (Å²) in [6.07, 6.45) is 1.17. The molecular formula is C16H17NO3S. The summed E-state index contributed by atoms with van der Waals surface area (Å²) in [6, 6.07) is 10.7. The molecule has 0 aromatic heterocycles. The Labute approximate surface area is 124 Å². The predicted octanol–water partition coefficient (Wildman–Crippen LogP) is 2.47. The second kappa shape index (κ2) is 5.33. The Balaban J connectivity index is 2.94. The first kappa shape index (κ1) is 15.3. The fourth-order valence-corrected chi connectivity index (χ4v) is 3.74. The highest BCUT2D eigenvalue weighted by molar-refractivity contribution is 7.90. The topological polar surface area (TPSA) is 77.2 Å². The zero-order valence-corrected chi connectivity index (χ0v) is 13.0. The van der Waals surface area contributed by atoms with E-state index in [0.29, 0.717) is 22.3 Å². The van der Waals surface area contributed by atoms with Crippen molar-refractivity contribution in [3.63, 3.8) is 0 Å².